The monoisotopic (exact) mass is 337 g/mol. The molecule has 0 aromatic rings. The summed E-state index contributed by atoms with van der Waals surface area (Å²) in [6, 6.07) is 0.0899. The first-order valence-corrected chi connectivity index (χ1v) is 9.55. The molecule has 1 saturated heterocycles. The molecule has 0 aromatic heterocycles. The molecule has 1 aliphatic carbocycles. The Kier molecular flexibility index (Phi) is 6.35. The van der Waals surface area contributed by atoms with E-state index in [-0.39, 0.29) is 17.6 Å². The molecule has 0 spiro atoms. The van der Waals surface area contributed by atoms with Gasteiger partial charge in [0, 0.05) is 17.4 Å². The summed E-state index contributed by atoms with van der Waals surface area (Å²) in [5.41, 5.74) is 1.33. The molecule has 1 fully saturated rings. The van der Waals surface area contributed by atoms with Crippen LogP contribution in [0.4, 0.5) is 4.79 Å². The summed E-state index contributed by atoms with van der Waals surface area (Å²) >= 11 is 0. The summed E-state index contributed by atoms with van der Waals surface area (Å²) in [4.78, 5) is 11.9. The SMILES string of the molecule is CCCC[C@H]1OC[C@@]2(COC(=O)NC(C)C)[C@H](C)C=C(C)[C@H]1[C@H]2C. The highest BCUT2D eigenvalue weighted by atomic mass is 16.6. The molecule has 0 radical (unpaired) electrons. The third-order valence-electron chi connectivity index (χ3n) is 6.08. The Morgan fingerprint density at radius 3 is 2.79 bits per heavy atom. The highest BCUT2D eigenvalue weighted by Gasteiger charge is 2.53. The minimum Gasteiger partial charge on any atom is -0.449 e. The van der Waals surface area contributed by atoms with Crippen LogP contribution < -0.4 is 5.32 Å². The van der Waals surface area contributed by atoms with Gasteiger partial charge in [-0.1, -0.05) is 45.3 Å². The van der Waals surface area contributed by atoms with Gasteiger partial charge >= 0.3 is 6.09 Å². The lowest BCUT2D eigenvalue weighted by Crippen LogP contribution is -2.57. The summed E-state index contributed by atoms with van der Waals surface area (Å²) < 4.78 is 11.9. The van der Waals surface area contributed by atoms with Crippen molar-refractivity contribution in [2.24, 2.45) is 23.2 Å². The topological polar surface area (TPSA) is 47.6 Å². The fourth-order valence-electron chi connectivity index (χ4n) is 4.53. The molecule has 1 amide bonds. The summed E-state index contributed by atoms with van der Waals surface area (Å²) in [6.07, 6.45) is 5.89. The van der Waals surface area contributed by atoms with Gasteiger partial charge in [-0.2, -0.15) is 0 Å². The molecule has 1 N–H and O–H groups in total. The number of rotatable bonds is 6. The van der Waals surface area contributed by atoms with Crippen molar-refractivity contribution in [1.82, 2.24) is 5.32 Å². The quantitative estimate of drug-likeness (QED) is 0.724. The van der Waals surface area contributed by atoms with Gasteiger partial charge < -0.3 is 14.8 Å². The van der Waals surface area contributed by atoms with Gasteiger partial charge in [0.2, 0.25) is 0 Å². The van der Waals surface area contributed by atoms with Crippen LogP contribution in [-0.2, 0) is 9.47 Å². The number of unbranched alkanes of at least 4 members (excludes halogenated alkanes) is 1. The van der Waals surface area contributed by atoms with Crippen LogP contribution >= 0.6 is 0 Å². The van der Waals surface area contributed by atoms with Crippen molar-refractivity contribution in [2.45, 2.75) is 73.0 Å². The molecule has 0 saturated carbocycles. The number of amides is 1. The van der Waals surface area contributed by atoms with Crippen molar-refractivity contribution in [1.29, 1.82) is 0 Å². The minimum atomic E-state index is -0.324. The smallest absolute Gasteiger partial charge is 0.407 e. The Morgan fingerprint density at radius 1 is 1.46 bits per heavy atom. The van der Waals surface area contributed by atoms with E-state index in [1.165, 1.54) is 18.4 Å². The third-order valence-corrected chi connectivity index (χ3v) is 6.08. The Labute approximate surface area is 147 Å². The number of hydrogen-bond acceptors (Lipinski definition) is 3. The molecule has 2 aliphatic rings. The lowest BCUT2D eigenvalue weighted by atomic mass is 9.56. The van der Waals surface area contributed by atoms with Crippen LogP contribution in [0.3, 0.4) is 0 Å². The van der Waals surface area contributed by atoms with E-state index in [0.717, 1.165) is 6.42 Å². The van der Waals surface area contributed by atoms with Crippen LogP contribution in [0.5, 0.6) is 0 Å². The van der Waals surface area contributed by atoms with Crippen molar-refractivity contribution < 1.29 is 14.3 Å². The Morgan fingerprint density at radius 2 is 2.17 bits per heavy atom. The van der Waals surface area contributed by atoms with Gasteiger partial charge in [-0.05, 0) is 39.0 Å². The Hall–Kier alpha value is -1.03. The summed E-state index contributed by atoms with van der Waals surface area (Å²) in [5.74, 6) is 1.25. The molecule has 1 heterocycles. The van der Waals surface area contributed by atoms with Crippen LogP contribution in [0, 0.1) is 23.2 Å². The lowest BCUT2D eigenvalue weighted by Gasteiger charge is -2.55. The van der Waals surface area contributed by atoms with Gasteiger partial charge in [0.05, 0.1) is 12.7 Å². The van der Waals surface area contributed by atoms with Crippen LogP contribution in [0.1, 0.15) is 60.8 Å². The minimum absolute atomic E-state index is 0.0899. The zero-order chi connectivity index (χ0) is 17.9. The first kappa shape index (κ1) is 19.3. The van der Waals surface area contributed by atoms with Crippen molar-refractivity contribution >= 4 is 6.09 Å². The van der Waals surface area contributed by atoms with E-state index in [4.69, 9.17) is 9.47 Å². The third kappa shape index (κ3) is 3.79. The molecule has 0 unspecified atom stereocenters. The zero-order valence-electron chi connectivity index (χ0n) is 16.2. The average molecular weight is 338 g/mol. The maximum absolute atomic E-state index is 11.9. The predicted molar refractivity (Wildman–Crippen MR) is 96.9 cm³/mol. The van der Waals surface area contributed by atoms with Gasteiger partial charge in [0.25, 0.3) is 0 Å². The largest absolute Gasteiger partial charge is 0.449 e. The lowest BCUT2D eigenvalue weighted by molar-refractivity contribution is -0.165. The molecule has 24 heavy (non-hydrogen) atoms. The summed E-state index contributed by atoms with van der Waals surface area (Å²) in [6.45, 7) is 14.0. The molecule has 4 heteroatoms. The number of allylic oxidation sites excluding steroid dienone is 1. The molecular formula is C20H35NO3. The van der Waals surface area contributed by atoms with Crippen molar-refractivity contribution in [2.75, 3.05) is 13.2 Å². The maximum Gasteiger partial charge on any atom is 0.407 e. The number of hydrogen-bond donors (Lipinski definition) is 1. The summed E-state index contributed by atoms with van der Waals surface area (Å²) in [5, 5.41) is 2.81. The number of fused-ring (bicyclic) bond motifs is 2. The van der Waals surface area contributed by atoms with Crippen LogP contribution in [0.15, 0.2) is 11.6 Å². The van der Waals surface area contributed by atoms with Crippen molar-refractivity contribution in [3.63, 3.8) is 0 Å². The fourth-order valence-corrected chi connectivity index (χ4v) is 4.53. The molecule has 0 aromatic carbocycles. The normalized spacial score (nSPS) is 35.5. The second-order valence-electron chi connectivity index (χ2n) is 8.11. The van der Waals surface area contributed by atoms with Crippen LogP contribution in [0.25, 0.3) is 0 Å². The van der Waals surface area contributed by atoms with Crippen LogP contribution in [0.2, 0.25) is 0 Å². The van der Waals surface area contributed by atoms with E-state index in [9.17, 15) is 4.79 Å². The number of nitrogens with one attached hydrogen (secondary N) is 1. The fraction of sp³-hybridized carbons (Fsp3) is 0.850. The first-order valence-electron chi connectivity index (χ1n) is 9.55. The van der Waals surface area contributed by atoms with E-state index >= 15 is 0 Å². The number of carbonyl (C=O) groups is 1. The average Bonchev–Trinajstić information content (AvgIpc) is 2.49. The summed E-state index contributed by atoms with van der Waals surface area (Å²) in [7, 11) is 0. The van der Waals surface area contributed by atoms with E-state index in [1.807, 2.05) is 13.8 Å². The Balaban J connectivity index is 2.13. The predicted octanol–water partition coefficient (Wildman–Crippen LogP) is 4.54. The molecule has 1 aliphatic heterocycles. The first-order chi connectivity index (χ1) is 11.3. The van der Waals surface area contributed by atoms with Crippen LogP contribution in [-0.4, -0.2) is 31.5 Å². The molecular weight excluding hydrogens is 302 g/mol. The molecule has 138 valence electrons. The molecule has 4 nitrogen and oxygen atoms in total. The van der Waals surface area contributed by atoms with E-state index in [2.05, 4.69) is 39.1 Å². The molecule has 2 rings (SSSR count). The standard InChI is InChI=1S/C20H35NO3/c1-7-8-9-17-18-14(4)10-15(5)20(11-23-17,16(18)6)12-24-19(22)21-13(2)3/h10,13,15-18H,7-9,11-12H2,1-6H3,(H,21,22)/t15-,16-,17-,18+,20-/m1/s1. The van der Waals surface area contributed by atoms with Gasteiger partial charge in [-0.25, -0.2) is 4.79 Å². The molecule has 5 atom stereocenters. The van der Waals surface area contributed by atoms with Crippen molar-refractivity contribution in [3.05, 3.63) is 11.6 Å². The van der Waals surface area contributed by atoms with E-state index in [1.54, 1.807) is 0 Å². The highest BCUT2D eigenvalue weighted by Crippen LogP contribution is 2.53. The van der Waals surface area contributed by atoms with Crippen molar-refractivity contribution in [3.8, 4) is 0 Å². The Bertz CT molecular complexity index is 474. The van der Waals surface area contributed by atoms with E-state index < -0.39 is 0 Å². The number of ether oxygens (including phenoxy) is 2. The second-order valence-corrected chi connectivity index (χ2v) is 8.11. The maximum atomic E-state index is 11.9. The zero-order valence-corrected chi connectivity index (χ0v) is 16.2. The van der Waals surface area contributed by atoms with Gasteiger partial charge in [-0.3, -0.25) is 0 Å². The van der Waals surface area contributed by atoms with Gasteiger partial charge in [0.1, 0.15) is 6.61 Å². The second kappa shape index (κ2) is 7.90. The van der Waals surface area contributed by atoms with Gasteiger partial charge in [0.15, 0.2) is 0 Å². The van der Waals surface area contributed by atoms with Gasteiger partial charge in [-0.15, -0.1) is 0 Å². The molecule has 2 bridgehead atoms. The van der Waals surface area contributed by atoms with E-state index in [0.29, 0.717) is 37.1 Å². The number of carbonyl (C=O) groups excluding carboxylic acids is 1. The number of alkyl carbamates (subject to hydrolysis) is 1. The highest BCUT2D eigenvalue weighted by molar-refractivity contribution is 5.67.